The van der Waals surface area contributed by atoms with Crippen molar-refractivity contribution in [3.8, 4) is 0 Å². The summed E-state index contributed by atoms with van der Waals surface area (Å²) in [4.78, 5) is 0. The number of unbranched alkanes of at least 4 members (excludes halogenated alkanes) is 4. The molecule has 1 heteroatoms. The van der Waals surface area contributed by atoms with E-state index in [1.54, 1.807) is 0 Å². The number of hydrogen-bond acceptors (Lipinski definition) is 1. The Kier molecular flexibility index (Phi) is 4.18. The molecule has 0 heterocycles. The van der Waals surface area contributed by atoms with Crippen LogP contribution in [0.5, 0.6) is 0 Å². The molecule has 0 bridgehead atoms. The number of aliphatic hydroxyl groups is 1. The average Bonchev–Trinajstić information content (AvgIpc) is 2.76. The summed E-state index contributed by atoms with van der Waals surface area (Å²) in [5.41, 5.74) is 1.31. The van der Waals surface area contributed by atoms with Gasteiger partial charge in [0.2, 0.25) is 0 Å². The lowest BCUT2D eigenvalue weighted by atomic mass is 9.95. The highest BCUT2D eigenvalue weighted by Gasteiger charge is 2.47. The Hall–Kier alpha value is -0.300. The van der Waals surface area contributed by atoms with E-state index in [1.807, 2.05) is 0 Å². The molecular formula is C13H24O. The second-order valence-corrected chi connectivity index (χ2v) is 4.92. The molecule has 0 aromatic carbocycles. The van der Waals surface area contributed by atoms with Crippen LogP contribution in [0.4, 0.5) is 0 Å². The maximum atomic E-state index is 9.91. The molecule has 1 rings (SSSR count). The van der Waals surface area contributed by atoms with E-state index in [9.17, 15) is 5.11 Å². The van der Waals surface area contributed by atoms with E-state index >= 15 is 0 Å². The normalized spacial score (nSPS) is 27.8. The van der Waals surface area contributed by atoms with E-state index in [0.717, 1.165) is 12.8 Å². The minimum Gasteiger partial charge on any atom is -0.392 e. The lowest BCUT2D eigenvalue weighted by Crippen LogP contribution is -2.18. The maximum absolute atomic E-state index is 9.91. The Morgan fingerprint density at radius 1 is 1.36 bits per heavy atom. The Morgan fingerprint density at radius 2 is 1.93 bits per heavy atom. The quantitative estimate of drug-likeness (QED) is 0.486. The first kappa shape index (κ1) is 11.8. The minimum absolute atomic E-state index is 0.0742. The zero-order chi connectivity index (χ0) is 10.6. The van der Waals surface area contributed by atoms with Crippen molar-refractivity contribution < 1.29 is 5.11 Å². The van der Waals surface area contributed by atoms with Gasteiger partial charge in [0.1, 0.15) is 0 Å². The molecule has 0 radical (unpaired) electrons. The molecule has 1 aliphatic carbocycles. The molecule has 0 aliphatic heterocycles. The molecule has 14 heavy (non-hydrogen) atoms. The largest absolute Gasteiger partial charge is 0.392 e. The molecule has 0 saturated heterocycles. The predicted molar refractivity (Wildman–Crippen MR) is 61.2 cm³/mol. The highest BCUT2D eigenvalue weighted by molar-refractivity contribution is 5.29. The summed E-state index contributed by atoms with van der Waals surface area (Å²) in [6.45, 7) is 8.30. The first-order chi connectivity index (χ1) is 6.61. The third kappa shape index (κ3) is 2.84. The second kappa shape index (κ2) is 4.97. The van der Waals surface area contributed by atoms with Crippen LogP contribution in [-0.4, -0.2) is 11.2 Å². The van der Waals surface area contributed by atoms with E-state index < -0.39 is 0 Å². The van der Waals surface area contributed by atoms with Gasteiger partial charge in [-0.1, -0.05) is 58.1 Å². The van der Waals surface area contributed by atoms with Crippen molar-refractivity contribution in [2.24, 2.45) is 5.41 Å². The molecule has 2 atom stereocenters. The Bertz CT molecular complexity index is 197. The lowest BCUT2D eigenvalue weighted by molar-refractivity contribution is 0.0983. The molecule has 1 fully saturated rings. The van der Waals surface area contributed by atoms with Crippen LogP contribution in [-0.2, 0) is 0 Å². The molecule has 0 aromatic heterocycles. The van der Waals surface area contributed by atoms with Gasteiger partial charge in [0, 0.05) is 5.41 Å². The van der Waals surface area contributed by atoms with Crippen molar-refractivity contribution in [2.45, 2.75) is 64.9 Å². The monoisotopic (exact) mass is 196 g/mol. The molecule has 0 amide bonds. The van der Waals surface area contributed by atoms with Crippen molar-refractivity contribution in [1.29, 1.82) is 0 Å². The SMILES string of the molecule is C=C1C[C@]1(C)[C@H](O)CCCCCCC. The van der Waals surface area contributed by atoms with Crippen LogP contribution in [0.25, 0.3) is 0 Å². The van der Waals surface area contributed by atoms with Gasteiger partial charge in [-0.25, -0.2) is 0 Å². The third-order valence-corrected chi connectivity index (χ3v) is 3.58. The van der Waals surface area contributed by atoms with E-state index in [4.69, 9.17) is 0 Å². The summed E-state index contributed by atoms with van der Waals surface area (Å²) in [6, 6.07) is 0. The summed E-state index contributed by atoms with van der Waals surface area (Å²) in [7, 11) is 0. The van der Waals surface area contributed by atoms with Gasteiger partial charge in [0.25, 0.3) is 0 Å². The van der Waals surface area contributed by atoms with Gasteiger partial charge in [-0.2, -0.15) is 0 Å². The second-order valence-electron chi connectivity index (χ2n) is 4.92. The summed E-state index contributed by atoms with van der Waals surface area (Å²) in [5.74, 6) is 0. The highest BCUT2D eigenvalue weighted by atomic mass is 16.3. The summed E-state index contributed by atoms with van der Waals surface area (Å²) < 4.78 is 0. The average molecular weight is 196 g/mol. The fourth-order valence-electron chi connectivity index (χ4n) is 2.01. The van der Waals surface area contributed by atoms with Gasteiger partial charge in [-0.15, -0.1) is 0 Å². The molecular weight excluding hydrogens is 172 g/mol. The molecule has 0 aromatic rings. The Balaban J connectivity index is 2.04. The van der Waals surface area contributed by atoms with Gasteiger partial charge in [0.15, 0.2) is 0 Å². The molecule has 1 nitrogen and oxygen atoms in total. The van der Waals surface area contributed by atoms with Crippen molar-refractivity contribution >= 4 is 0 Å². The fourth-order valence-corrected chi connectivity index (χ4v) is 2.01. The lowest BCUT2D eigenvalue weighted by Gasteiger charge is -2.16. The van der Waals surface area contributed by atoms with Gasteiger partial charge in [0.05, 0.1) is 6.10 Å². The van der Waals surface area contributed by atoms with Crippen LogP contribution in [0.15, 0.2) is 12.2 Å². The van der Waals surface area contributed by atoms with Crippen molar-refractivity contribution in [1.82, 2.24) is 0 Å². The number of hydrogen-bond donors (Lipinski definition) is 1. The van der Waals surface area contributed by atoms with Gasteiger partial charge < -0.3 is 5.11 Å². The zero-order valence-corrected chi connectivity index (χ0v) is 9.68. The van der Waals surface area contributed by atoms with E-state index in [0.29, 0.717) is 0 Å². The Labute approximate surface area is 88.2 Å². The van der Waals surface area contributed by atoms with Crippen LogP contribution < -0.4 is 0 Å². The number of aliphatic hydroxyl groups excluding tert-OH is 1. The van der Waals surface area contributed by atoms with Crippen molar-refractivity contribution in [2.75, 3.05) is 0 Å². The van der Waals surface area contributed by atoms with E-state index in [-0.39, 0.29) is 11.5 Å². The summed E-state index contributed by atoms with van der Waals surface area (Å²) in [6.07, 6.45) is 8.23. The van der Waals surface area contributed by atoms with Crippen LogP contribution in [0, 0.1) is 5.41 Å². The highest BCUT2D eigenvalue weighted by Crippen LogP contribution is 2.54. The smallest absolute Gasteiger partial charge is 0.0633 e. The molecule has 82 valence electrons. The molecule has 1 aliphatic rings. The summed E-state index contributed by atoms with van der Waals surface area (Å²) in [5, 5.41) is 9.91. The first-order valence-electron chi connectivity index (χ1n) is 5.97. The van der Waals surface area contributed by atoms with Crippen molar-refractivity contribution in [3.05, 3.63) is 12.2 Å². The topological polar surface area (TPSA) is 20.2 Å². The first-order valence-corrected chi connectivity index (χ1v) is 5.97. The molecule has 0 unspecified atom stereocenters. The standard InChI is InChI=1S/C13H24O/c1-4-5-6-7-8-9-12(14)13(3)10-11(13)2/h12,14H,2,4-10H2,1,3H3/t12-,13+/m1/s1. The van der Waals surface area contributed by atoms with E-state index in [2.05, 4.69) is 20.4 Å². The van der Waals surface area contributed by atoms with Crippen molar-refractivity contribution in [3.63, 3.8) is 0 Å². The number of rotatable bonds is 7. The summed E-state index contributed by atoms with van der Waals surface area (Å²) >= 11 is 0. The predicted octanol–water partition coefficient (Wildman–Crippen LogP) is 3.67. The van der Waals surface area contributed by atoms with Gasteiger partial charge >= 0.3 is 0 Å². The van der Waals surface area contributed by atoms with Crippen LogP contribution >= 0.6 is 0 Å². The maximum Gasteiger partial charge on any atom is 0.0633 e. The Morgan fingerprint density at radius 3 is 2.43 bits per heavy atom. The molecule has 1 saturated carbocycles. The molecule has 1 N–H and O–H groups in total. The minimum atomic E-state index is -0.142. The van der Waals surface area contributed by atoms with Gasteiger partial charge in [-0.3, -0.25) is 0 Å². The van der Waals surface area contributed by atoms with E-state index in [1.165, 1.54) is 37.7 Å². The third-order valence-electron chi connectivity index (χ3n) is 3.58. The fraction of sp³-hybridized carbons (Fsp3) is 0.846. The zero-order valence-electron chi connectivity index (χ0n) is 9.68. The van der Waals surface area contributed by atoms with Crippen LogP contribution in [0.1, 0.15) is 58.8 Å². The van der Waals surface area contributed by atoms with Crippen LogP contribution in [0.3, 0.4) is 0 Å². The molecule has 0 spiro atoms. The van der Waals surface area contributed by atoms with Gasteiger partial charge in [-0.05, 0) is 12.8 Å². The van der Waals surface area contributed by atoms with Crippen LogP contribution in [0.2, 0.25) is 0 Å².